The topological polar surface area (TPSA) is 71.8 Å². The zero-order valence-electron chi connectivity index (χ0n) is 13.8. The SMILES string of the molecule is Cl.Cl.O=C(NC1CCCNC1)c1cnn(-c2ncccc2Cl)c1C(F)(F)F. The number of piperidine rings is 1. The summed E-state index contributed by atoms with van der Waals surface area (Å²) in [5, 5.41) is 9.41. The van der Waals surface area contributed by atoms with Crippen LogP contribution in [0.25, 0.3) is 5.82 Å². The maximum Gasteiger partial charge on any atom is 0.434 e. The van der Waals surface area contributed by atoms with Crippen LogP contribution in [0.3, 0.4) is 0 Å². The van der Waals surface area contributed by atoms with E-state index in [1.807, 2.05) is 0 Å². The number of rotatable bonds is 3. The molecule has 27 heavy (non-hydrogen) atoms. The highest BCUT2D eigenvalue weighted by Gasteiger charge is 2.41. The van der Waals surface area contributed by atoms with Gasteiger partial charge in [0.2, 0.25) is 0 Å². The maximum atomic E-state index is 13.6. The first-order valence-corrected chi connectivity index (χ1v) is 8.03. The van der Waals surface area contributed by atoms with E-state index in [1.54, 1.807) is 0 Å². The summed E-state index contributed by atoms with van der Waals surface area (Å²) in [6.45, 7) is 1.35. The van der Waals surface area contributed by atoms with Crippen molar-refractivity contribution >= 4 is 42.3 Å². The van der Waals surface area contributed by atoms with Crippen LogP contribution in [-0.2, 0) is 6.18 Å². The van der Waals surface area contributed by atoms with Crippen molar-refractivity contribution in [3.8, 4) is 5.82 Å². The molecule has 2 aromatic heterocycles. The van der Waals surface area contributed by atoms with E-state index in [-0.39, 0.29) is 41.7 Å². The Bertz CT molecular complexity index is 778. The number of hydrogen-bond donors (Lipinski definition) is 2. The summed E-state index contributed by atoms with van der Waals surface area (Å²) in [6.07, 6.45) is -1.05. The minimum atomic E-state index is -4.80. The second-order valence-electron chi connectivity index (χ2n) is 5.64. The van der Waals surface area contributed by atoms with Gasteiger partial charge in [0, 0.05) is 18.8 Å². The van der Waals surface area contributed by atoms with E-state index in [1.165, 1.54) is 18.3 Å². The molecule has 2 aromatic rings. The monoisotopic (exact) mass is 445 g/mol. The summed E-state index contributed by atoms with van der Waals surface area (Å²) < 4.78 is 41.3. The van der Waals surface area contributed by atoms with E-state index >= 15 is 0 Å². The van der Waals surface area contributed by atoms with Crippen molar-refractivity contribution in [3.63, 3.8) is 0 Å². The molecular formula is C15H17Cl3F3N5O. The molecule has 1 aliphatic heterocycles. The van der Waals surface area contributed by atoms with Crippen molar-refractivity contribution in [3.05, 3.63) is 40.8 Å². The van der Waals surface area contributed by atoms with Gasteiger partial charge < -0.3 is 10.6 Å². The number of pyridine rings is 1. The minimum Gasteiger partial charge on any atom is -0.348 e. The Hall–Kier alpha value is -1.55. The quantitative estimate of drug-likeness (QED) is 0.759. The number of nitrogens with one attached hydrogen (secondary N) is 2. The van der Waals surface area contributed by atoms with E-state index in [2.05, 4.69) is 20.7 Å². The van der Waals surface area contributed by atoms with E-state index in [4.69, 9.17) is 11.6 Å². The van der Waals surface area contributed by atoms with Gasteiger partial charge in [0.25, 0.3) is 5.91 Å². The fourth-order valence-electron chi connectivity index (χ4n) is 2.72. The largest absolute Gasteiger partial charge is 0.434 e. The summed E-state index contributed by atoms with van der Waals surface area (Å²) in [5.74, 6) is -1.01. The smallest absolute Gasteiger partial charge is 0.348 e. The van der Waals surface area contributed by atoms with Gasteiger partial charge in [-0.3, -0.25) is 4.79 Å². The molecular weight excluding hydrogens is 430 g/mol. The highest BCUT2D eigenvalue weighted by molar-refractivity contribution is 6.32. The number of amides is 1. The van der Waals surface area contributed by atoms with Gasteiger partial charge in [-0.1, -0.05) is 11.6 Å². The number of nitrogens with zero attached hydrogens (tertiary/aromatic N) is 3. The summed E-state index contributed by atoms with van der Waals surface area (Å²) in [5.41, 5.74) is -1.76. The molecule has 1 unspecified atom stereocenters. The van der Waals surface area contributed by atoms with Gasteiger partial charge in [-0.05, 0) is 31.5 Å². The predicted molar refractivity (Wildman–Crippen MR) is 99.2 cm³/mol. The second kappa shape index (κ2) is 9.59. The van der Waals surface area contributed by atoms with Crippen LogP contribution < -0.4 is 10.6 Å². The van der Waals surface area contributed by atoms with Crippen LogP contribution in [0, 0.1) is 0 Å². The lowest BCUT2D eigenvalue weighted by atomic mass is 10.1. The molecule has 1 amide bonds. The molecule has 2 N–H and O–H groups in total. The first-order valence-electron chi connectivity index (χ1n) is 7.65. The molecule has 1 saturated heterocycles. The first-order chi connectivity index (χ1) is 11.9. The van der Waals surface area contributed by atoms with Crippen LogP contribution in [0.2, 0.25) is 5.02 Å². The van der Waals surface area contributed by atoms with Gasteiger partial charge in [0.15, 0.2) is 11.5 Å². The number of halogens is 6. The molecule has 0 spiro atoms. The second-order valence-corrected chi connectivity index (χ2v) is 6.05. The van der Waals surface area contributed by atoms with Crippen molar-refractivity contribution in [2.75, 3.05) is 13.1 Å². The molecule has 12 heteroatoms. The van der Waals surface area contributed by atoms with Gasteiger partial charge in [0.1, 0.15) is 0 Å². The Morgan fingerprint density at radius 2 is 2.11 bits per heavy atom. The van der Waals surface area contributed by atoms with Gasteiger partial charge >= 0.3 is 6.18 Å². The third-order valence-electron chi connectivity index (χ3n) is 3.85. The molecule has 0 aromatic carbocycles. The van der Waals surface area contributed by atoms with Crippen molar-refractivity contribution < 1.29 is 18.0 Å². The Morgan fingerprint density at radius 1 is 1.37 bits per heavy atom. The molecule has 0 aliphatic carbocycles. The van der Waals surface area contributed by atoms with Crippen molar-refractivity contribution in [1.29, 1.82) is 0 Å². The number of carbonyl (C=O) groups is 1. The van der Waals surface area contributed by atoms with Crippen molar-refractivity contribution in [2.45, 2.75) is 25.1 Å². The van der Waals surface area contributed by atoms with Gasteiger partial charge in [0.05, 0.1) is 16.8 Å². The molecule has 1 aliphatic rings. The normalized spacial score (nSPS) is 16.8. The lowest BCUT2D eigenvalue weighted by Gasteiger charge is -2.23. The van der Waals surface area contributed by atoms with Gasteiger partial charge in [-0.25, -0.2) is 9.67 Å². The Balaban J connectivity index is 0.00000182. The highest BCUT2D eigenvalue weighted by atomic mass is 35.5. The van der Waals surface area contributed by atoms with E-state index in [0.29, 0.717) is 17.6 Å². The minimum absolute atomic E-state index is 0. The van der Waals surface area contributed by atoms with E-state index in [0.717, 1.165) is 19.2 Å². The van der Waals surface area contributed by atoms with E-state index < -0.39 is 23.3 Å². The number of carbonyl (C=O) groups excluding carboxylic acids is 1. The van der Waals surface area contributed by atoms with Crippen LogP contribution in [0.15, 0.2) is 24.5 Å². The predicted octanol–water partition coefficient (Wildman–Crippen LogP) is 3.26. The molecule has 0 saturated carbocycles. The van der Waals surface area contributed by atoms with Crippen LogP contribution >= 0.6 is 36.4 Å². The first kappa shape index (κ1) is 23.5. The van der Waals surface area contributed by atoms with Crippen LogP contribution in [0.1, 0.15) is 28.9 Å². The lowest BCUT2D eigenvalue weighted by molar-refractivity contribution is -0.143. The summed E-state index contributed by atoms with van der Waals surface area (Å²) in [6, 6.07) is 2.68. The number of alkyl halides is 3. The van der Waals surface area contributed by atoms with Crippen LogP contribution in [-0.4, -0.2) is 39.8 Å². The standard InChI is InChI=1S/C15H15ClF3N5O.2ClH/c16-11-4-2-6-21-13(11)24-12(15(17,18)19)10(8-22-24)14(25)23-9-3-1-5-20-7-9;;/h2,4,6,8-9,20H,1,3,5,7H2,(H,23,25);2*1H. The average Bonchev–Trinajstić information content (AvgIpc) is 3.01. The molecule has 3 heterocycles. The zero-order valence-corrected chi connectivity index (χ0v) is 16.2. The fourth-order valence-corrected chi connectivity index (χ4v) is 2.92. The molecule has 6 nitrogen and oxygen atoms in total. The van der Waals surface area contributed by atoms with Gasteiger partial charge in [-0.15, -0.1) is 24.8 Å². The summed E-state index contributed by atoms with van der Waals surface area (Å²) >= 11 is 5.93. The Kier molecular flexibility index (Phi) is 8.34. The van der Waals surface area contributed by atoms with Crippen LogP contribution in [0.4, 0.5) is 13.2 Å². The molecule has 1 atom stereocenters. The third-order valence-corrected chi connectivity index (χ3v) is 4.15. The Morgan fingerprint density at radius 3 is 2.70 bits per heavy atom. The molecule has 0 bridgehead atoms. The van der Waals surface area contributed by atoms with Crippen LogP contribution in [0.5, 0.6) is 0 Å². The maximum absolute atomic E-state index is 13.6. The fraction of sp³-hybridized carbons (Fsp3) is 0.400. The summed E-state index contributed by atoms with van der Waals surface area (Å²) in [7, 11) is 0. The van der Waals surface area contributed by atoms with Crippen molar-refractivity contribution in [2.24, 2.45) is 0 Å². The van der Waals surface area contributed by atoms with Crippen molar-refractivity contribution in [1.82, 2.24) is 25.4 Å². The Labute approximate surface area is 170 Å². The molecule has 0 radical (unpaired) electrons. The number of hydrogen-bond acceptors (Lipinski definition) is 4. The third kappa shape index (κ3) is 5.25. The molecule has 150 valence electrons. The summed E-state index contributed by atoms with van der Waals surface area (Å²) in [4.78, 5) is 16.2. The van der Waals surface area contributed by atoms with Gasteiger partial charge in [-0.2, -0.15) is 18.3 Å². The van der Waals surface area contributed by atoms with E-state index in [9.17, 15) is 18.0 Å². The zero-order chi connectivity index (χ0) is 18.0. The highest BCUT2D eigenvalue weighted by Crippen LogP contribution is 2.34. The molecule has 3 rings (SSSR count). The molecule has 1 fully saturated rings. The average molecular weight is 447 g/mol. The lowest BCUT2D eigenvalue weighted by Crippen LogP contribution is -2.45. The number of aromatic nitrogens is 3.